The van der Waals surface area contributed by atoms with Crippen molar-refractivity contribution in [3.8, 4) is 0 Å². The Hall–Kier alpha value is -1.96. The van der Waals surface area contributed by atoms with Crippen molar-refractivity contribution >= 4 is 11.8 Å². The van der Waals surface area contributed by atoms with E-state index in [1.54, 1.807) is 18.2 Å². The topological polar surface area (TPSA) is 80.6 Å². The van der Waals surface area contributed by atoms with Crippen LogP contribution in [0.4, 0.5) is 0 Å². The molecule has 1 aliphatic heterocycles. The van der Waals surface area contributed by atoms with Crippen molar-refractivity contribution in [1.29, 1.82) is 0 Å². The standard InChI is InChI=1S/C17H29N5O3/c1-4-20(5-2)16(23)13-21-12-15(18-19-21)17(24)22-10-7-6-8-14(22)9-11-25-3/h12,14H,4-11,13H2,1-3H3. The van der Waals surface area contributed by atoms with Gasteiger partial charge in [0.05, 0.1) is 6.20 Å². The summed E-state index contributed by atoms with van der Waals surface area (Å²) in [7, 11) is 1.67. The number of nitrogens with zero attached hydrogens (tertiary/aromatic N) is 5. The van der Waals surface area contributed by atoms with Crippen LogP contribution in [0.2, 0.25) is 0 Å². The third-order valence-electron chi connectivity index (χ3n) is 4.71. The highest BCUT2D eigenvalue weighted by Crippen LogP contribution is 2.21. The zero-order chi connectivity index (χ0) is 18.2. The molecule has 1 aromatic rings. The van der Waals surface area contributed by atoms with E-state index in [-0.39, 0.29) is 24.4 Å². The normalized spacial score (nSPS) is 17.6. The maximum atomic E-state index is 12.8. The number of hydrogen-bond acceptors (Lipinski definition) is 5. The largest absolute Gasteiger partial charge is 0.385 e. The van der Waals surface area contributed by atoms with Gasteiger partial charge in [-0.05, 0) is 39.5 Å². The Morgan fingerprint density at radius 2 is 2.08 bits per heavy atom. The van der Waals surface area contributed by atoms with E-state index < -0.39 is 0 Å². The van der Waals surface area contributed by atoms with Gasteiger partial charge in [0.1, 0.15) is 6.54 Å². The SMILES string of the molecule is CCN(CC)C(=O)Cn1cc(C(=O)N2CCCCC2CCOC)nn1. The molecule has 1 aromatic heterocycles. The highest BCUT2D eigenvalue weighted by Gasteiger charge is 2.29. The summed E-state index contributed by atoms with van der Waals surface area (Å²) in [5.74, 6) is -0.132. The Balaban J connectivity index is 2.02. The minimum atomic E-state index is -0.109. The molecule has 2 heterocycles. The summed E-state index contributed by atoms with van der Waals surface area (Å²) in [6, 6.07) is 0.184. The Morgan fingerprint density at radius 3 is 2.76 bits per heavy atom. The first-order valence-electron chi connectivity index (χ1n) is 9.08. The lowest BCUT2D eigenvalue weighted by atomic mass is 9.99. The molecule has 2 amide bonds. The van der Waals surface area contributed by atoms with Crippen molar-refractivity contribution in [3.05, 3.63) is 11.9 Å². The van der Waals surface area contributed by atoms with Gasteiger partial charge in [-0.2, -0.15) is 0 Å². The fourth-order valence-electron chi connectivity index (χ4n) is 3.26. The van der Waals surface area contributed by atoms with E-state index in [1.807, 2.05) is 18.7 Å². The lowest BCUT2D eigenvalue weighted by Gasteiger charge is -2.35. The first-order chi connectivity index (χ1) is 12.1. The van der Waals surface area contributed by atoms with Crippen molar-refractivity contribution in [1.82, 2.24) is 24.8 Å². The van der Waals surface area contributed by atoms with Crippen molar-refractivity contribution in [3.63, 3.8) is 0 Å². The molecule has 25 heavy (non-hydrogen) atoms. The monoisotopic (exact) mass is 351 g/mol. The van der Waals surface area contributed by atoms with Gasteiger partial charge in [-0.1, -0.05) is 5.21 Å². The molecule has 0 saturated carbocycles. The first-order valence-corrected chi connectivity index (χ1v) is 9.08. The maximum absolute atomic E-state index is 12.8. The van der Waals surface area contributed by atoms with Crippen LogP contribution in [-0.4, -0.2) is 76.0 Å². The summed E-state index contributed by atoms with van der Waals surface area (Å²) in [6.07, 6.45) is 5.53. The Morgan fingerprint density at radius 1 is 1.32 bits per heavy atom. The number of likely N-dealkylation sites (N-methyl/N-ethyl adjacent to an activating group) is 1. The smallest absolute Gasteiger partial charge is 0.276 e. The molecule has 0 radical (unpaired) electrons. The molecule has 0 N–H and O–H groups in total. The van der Waals surface area contributed by atoms with Crippen LogP contribution < -0.4 is 0 Å². The van der Waals surface area contributed by atoms with Crippen molar-refractivity contribution in [2.75, 3.05) is 33.4 Å². The zero-order valence-electron chi connectivity index (χ0n) is 15.5. The molecule has 8 nitrogen and oxygen atoms in total. The number of aromatic nitrogens is 3. The fourth-order valence-corrected chi connectivity index (χ4v) is 3.26. The first kappa shape index (κ1) is 19.4. The van der Waals surface area contributed by atoms with Crippen LogP contribution in [0.25, 0.3) is 0 Å². The van der Waals surface area contributed by atoms with Gasteiger partial charge >= 0.3 is 0 Å². The van der Waals surface area contributed by atoms with Gasteiger partial charge in [0, 0.05) is 39.4 Å². The minimum Gasteiger partial charge on any atom is -0.385 e. The predicted octanol–water partition coefficient (Wildman–Crippen LogP) is 1.18. The molecular weight excluding hydrogens is 322 g/mol. The molecule has 1 saturated heterocycles. The van der Waals surface area contributed by atoms with E-state index in [2.05, 4.69) is 10.3 Å². The molecule has 1 fully saturated rings. The summed E-state index contributed by atoms with van der Waals surface area (Å²) < 4.78 is 6.60. The number of hydrogen-bond donors (Lipinski definition) is 0. The second kappa shape index (κ2) is 9.50. The van der Waals surface area contributed by atoms with Gasteiger partial charge < -0.3 is 14.5 Å². The van der Waals surface area contributed by atoms with Crippen molar-refractivity contribution in [2.24, 2.45) is 0 Å². The predicted molar refractivity (Wildman–Crippen MR) is 93.1 cm³/mol. The van der Waals surface area contributed by atoms with E-state index in [9.17, 15) is 9.59 Å². The average Bonchev–Trinajstić information content (AvgIpc) is 3.09. The van der Waals surface area contributed by atoms with Gasteiger partial charge in [-0.3, -0.25) is 9.59 Å². The van der Waals surface area contributed by atoms with Crippen LogP contribution in [0.1, 0.15) is 50.0 Å². The second-order valence-corrected chi connectivity index (χ2v) is 6.30. The number of rotatable bonds is 8. The number of amides is 2. The van der Waals surface area contributed by atoms with E-state index in [0.29, 0.717) is 25.4 Å². The number of likely N-dealkylation sites (tertiary alicyclic amines) is 1. The van der Waals surface area contributed by atoms with Crippen LogP contribution in [0.15, 0.2) is 6.20 Å². The molecule has 1 aliphatic rings. The van der Waals surface area contributed by atoms with Crippen LogP contribution >= 0.6 is 0 Å². The summed E-state index contributed by atoms with van der Waals surface area (Å²) in [5, 5.41) is 7.95. The number of carbonyl (C=O) groups is 2. The van der Waals surface area contributed by atoms with E-state index >= 15 is 0 Å². The number of methoxy groups -OCH3 is 1. The number of carbonyl (C=O) groups excluding carboxylic acids is 2. The molecule has 0 aliphatic carbocycles. The molecule has 140 valence electrons. The van der Waals surface area contributed by atoms with Crippen LogP contribution in [-0.2, 0) is 16.1 Å². The van der Waals surface area contributed by atoms with Gasteiger partial charge in [0.25, 0.3) is 5.91 Å². The molecule has 0 aromatic carbocycles. The van der Waals surface area contributed by atoms with Gasteiger partial charge in [-0.25, -0.2) is 4.68 Å². The fraction of sp³-hybridized carbons (Fsp3) is 0.765. The quantitative estimate of drug-likeness (QED) is 0.702. The molecule has 1 unspecified atom stereocenters. The van der Waals surface area contributed by atoms with E-state index in [4.69, 9.17) is 4.74 Å². The van der Waals surface area contributed by atoms with E-state index in [0.717, 1.165) is 32.2 Å². The van der Waals surface area contributed by atoms with Crippen molar-refractivity contribution < 1.29 is 14.3 Å². The van der Waals surface area contributed by atoms with Crippen molar-refractivity contribution in [2.45, 2.75) is 52.1 Å². The highest BCUT2D eigenvalue weighted by atomic mass is 16.5. The summed E-state index contributed by atoms with van der Waals surface area (Å²) in [4.78, 5) is 28.6. The second-order valence-electron chi connectivity index (χ2n) is 6.30. The third kappa shape index (κ3) is 5.01. The number of piperidine rings is 1. The average molecular weight is 351 g/mol. The molecule has 1 atom stereocenters. The summed E-state index contributed by atoms with van der Waals surface area (Å²) in [5.41, 5.74) is 0.302. The Kier molecular flexibility index (Phi) is 7.36. The highest BCUT2D eigenvalue weighted by molar-refractivity contribution is 5.92. The maximum Gasteiger partial charge on any atom is 0.276 e. The molecule has 0 bridgehead atoms. The lowest BCUT2D eigenvalue weighted by molar-refractivity contribution is -0.131. The molecule has 8 heteroatoms. The molecule has 2 rings (SSSR count). The van der Waals surface area contributed by atoms with Crippen LogP contribution in [0.5, 0.6) is 0 Å². The minimum absolute atomic E-state index is 0.0233. The lowest BCUT2D eigenvalue weighted by Crippen LogP contribution is -2.44. The van der Waals surface area contributed by atoms with Gasteiger partial charge in [0.15, 0.2) is 5.69 Å². The van der Waals surface area contributed by atoms with Crippen LogP contribution in [0.3, 0.4) is 0 Å². The van der Waals surface area contributed by atoms with E-state index in [1.165, 1.54) is 4.68 Å². The molecular formula is C17H29N5O3. The summed E-state index contributed by atoms with van der Waals surface area (Å²) in [6.45, 7) is 6.67. The summed E-state index contributed by atoms with van der Waals surface area (Å²) >= 11 is 0. The number of ether oxygens (including phenoxy) is 1. The molecule has 0 spiro atoms. The third-order valence-corrected chi connectivity index (χ3v) is 4.71. The Bertz CT molecular complexity index is 570. The van der Waals surface area contributed by atoms with Crippen LogP contribution in [0, 0.1) is 0 Å². The zero-order valence-corrected chi connectivity index (χ0v) is 15.5. The van der Waals surface area contributed by atoms with Gasteiger partial charge in [0.2, 0.25) is 5.91 Å². The Labute approximate surface area is 149 Å². The van der Waals surface area contributed by atoms with Gasteiger partial charge in [-0.15, -0.1) is 5.10 Å².